The number of hydrogen-bond donors (Lipinski definition) is 1. The summed E-state index contributed by atoms with van der Waals surface area (Å²) in [7, 11) is -2.94. The van der Waals surface area contributed by atoms with Crippen molar-refractivity contribution in [3.05, 3.63) is 0 Å². The Morgan fingerprint density at radius 3 is 2.40 bits per heavy atom. The van der Waals surface area contributed by atoms with Gasteiger partial charge in [0.15, 0.2) is 0 Å². The number of sulfone groups is 1. The number of aliphatic hydroxyl groups excluding tert-OH is 1. The zero-order valence-electron chi connectivity index (χ0n) is 13.2. The van der Waals surface area contributed by atoms with Crippen molar-refractivity contribution in [2.75, 3.05) is 6.26 Å². The third-order valence-corrected chi connectivity index (χ3v) is 6.31. The summed E-state index contributed by atoms with van der Waals surface area (Å²) in [5.41, 5.74) is 0. The van der Waals surface area contributed by atoms with E-state index in [0.29, 0.717) is 6.42 Å². The molecule has 1 aliphatic carbocycles. The second-order valence-electron chi connectivity index (χ2n) is 6.50. The molecule has 0 amide bonds. The maximum absolute atomic E-state index is 11.6. The molecule has 0 bridgehead atoms. The lowest BCUT2D eigenvalue weighted by Crippen LogP contribution is -2.33. The molecule has 20 heavy (non-hydrogen) atoms. The number of rotatable bonds is 9. The van der Waals surface area contributed by atoms with E-state index in [1.165, 1.54) is 38.4 Å². The quantitative estimate of drug-likeness (QED) is 0.661. The average molecular weight is 304 g/mol. The van der Waals surface area contributed by atoms with Crippen LogP contribution in [0.25, 0.3) is 0 Å². The van der Waals surface area contributed by atoms with Crippen molar-refractivity contribution in [1.29, 1.82) is 0 Å². The first-order chi connectivity index (χ1) is 9.45. The standard InChI is InChI=1S/C16H32O3S/c1-3-4-5-6-7-8-12-16(17)14-10-9-11-15(13-14)20(2,18)19/h14-17H,3-13H2,1-2H3. The fourth-order valence-electron chi connectivity index (χ4n) is 3.29. The van der Waals surface area contributed by atoms with Crippen molar-refractivity contribution in [3.8, 4) is 0 Å². The lowest BCUT2D eigenvalue weighted by molar-refractivity contribution is 0.0756. The Balaban J connectivity index is 2.24. The fourth-order valence-corrected chi connectivity index (χ4v) is 4.48. The minimum atomic E-state index is -2.94. The highest BCUT2D eigenvalue weighted by Gasteiger charge is 2.31. The van der Waals surface area contributed by atoms with E-state index in [1.807, 2.05) is 0 Å². The number of unbranched alkanes of at least 4 members (excludes halogenated alkanes) is 5. The maximum atomic E-state index is 11.6. The van der Waals surface area contributed by atoms with E-state index in [4.69, 9.17) is 0 Å². The Morgan fingerprint density at radius 1 is 1.10 bits per heavy atom. The van der Waals surface area contributed by atoms with Crippen molar-refractivity contribution < 1.29 is 13.5 Å². The van der Waals surface area contributed by atoms with Gasteiger partial charge in [0, 0.05) is 6.26 Å². The van der Waals surface area contributed by atoms with Crippen LogP contribution in [-0.2, 0) is 9.84 Å². The van der Waals surface area contributed by atoms with Crippen molar-refractivity contribution in [2.24, 2.45) is 5.92 Å². The first-order valence-corrected chi connectivity index (χ1v) is 10.3. The maximum Gasteiger partial charge on any atom is 0.150 e. The molecule has 0 aliphatic heterocycles. The van der Waals surface area contributed by atoms with Gasteiger partial charge in [0.05, 0.1) is 11.4 Å². The van der Waals surface area contributed by atoms with Gasteiger partial charge in [-0.25, -0.2) is 8.42 Å². The summed E-state index contributed by atoms with van der Waals surface area (Å²) in [5.74, 6) is 0.194. The summed E-state index contributed by atoms with van der Waals surface area (Å²) in [5, 5.41) is 10.0. The van der Waals surface area contributed by atoms with Crippen LogP contribution in [0.2, 0.25) is 0 Å². The third-order valence-electron chi connectivity index (χ3n) is 4.67. The van der Waals surface area contributed by atoms with Crippen LogP contribution < -0.4 is 0 Å². The molecule has 4 heteroatoms. The van der Waals surface area contributed by atoms with Crippen LogP contribution in [-0.4, -0.2) is 31.1 Å². The molecule has 0 aromatic heterocycles. The summed E-state index contributed by atoms with van der Waals surface area (Å²) in [4.78, 5) is 0. The third kappa shape index (κ3) is 6.57. The van der Waals surface area contributed by atoms with Crippen molar-refractivity contribution in [1.82, 2.24) is 0 Å². The predicted octanol–water partition coefficient (Wildman–Crippen LogP) is 3.70. The Bertz CT molecular complexity index is 351. The van der Waals surface area contributed by atoms with E-state index in [2.05, 4.69) is 6.92 Å². The van der Waals surface area contributed by atoms with Crippen LogP contribution in [0.3, 0.4) is 0 Å². The molecule has 3 atom stereocenters. The minimum Gasteiger partial charge on any atom is -0.393 e. The number of aliphatic hydroxyl groups is 1. The van der Waals surface area contributed by atoms with Crippen LogP contribution >= 0.6 is 0 Å². The molecule has 1 aliphatic rings. The highest BCUT2D eigenvalue weighted by molar-refractivity contribution is 7.91. The van der Waals surface area contributed by atoms with Gasteiger partial charge in [-0.2, -0.15) is 0 Å². The topological polar surface area (TPSA) is 54.4 Å². The summed E-state index contributed by atoms with van der Waals surface area (Å²) in [6, 6.07) is 0. The van der Waals surface area contributed by atoms with E-state index < -0.39 is 9.84 Å². The molecule has 0 aromatic carbocycles. The van der Waals surface area contributed by atoms with Crippen LogP contribution in [0, 0.1) is 5.92 Å². The second kappa shape index (κ2) is 9.04. The molecule has 1 N–H and O–H groups in total. The van der Waals surface area contributed by atoms with Crippen LogP contribution in [0.1, 0.15) is 77.6 Å². The van der Waals surface area contributed by atoms with Gasteiger partial charge in [0.1, 0.15) is 9.84 Å². The Hall–Kier alpha value is -0.0900. The van der Waals surface area contributed by atoms with Crippen molar-refractivity contribution in [3.63, 3.8) is 0 Å². The van der Waals surface area contributed by atoms with E-state index in [1.54, 1.807) is 0 Å². The van der Waals surface area contributed by atoms with Gasteiger partial charge in [0.25, 0.3) is 0 Å². The van der Waals surface area contributed by atoms with Crippen molar-refractivity contribution >= 4 is 9.84 Å². The van der Waals surface area contributed by atoms with E-state index in [-0.39, 0.29) is 17.3 Å². The van der Waals surface area contributed by atoms with Crippen LogP contribution in [0.5, 0.6) is 0 Å². The highest BCUT2D eigenvalue weighted by Crippen LogP contribution is 2.32. The van der Waals surface area contributed by atoms with Gasteiger partial charge in [-0.3, -0.25) is 0 Å². The highest BCUT2D eigenvalue weighted by atomic mass is 32.2. The van der Waals surface area contributed by atoms with Gasteiger partial charge in [-0.1, -0.05) is 51.9 Å². The molecule has 1 fully saturated rings. The van der Waals surface area contributed by atoms with Gasteiger partial charge in [-0.15, -0.1) is 0 Å². The average Bonchev–Trinajstić information content (AvgIpc) is 2.41. The van der Waals surface area contributed by atoms with Gasteiger partial charge < -0.3 is 5.11 Å². The summed E-state index contributed by atoms with van der Waals surface area (Å²) >= 11 is 0. The van der Waals surface area contributed by atoms with Gasteiger partial charge in [0.2, 0.25) is 0 Å². The second-order valence-corrected chi connectivity index (χ2v) is 8.83. The van der Waals surface area contributed by atoms with Gasteiger partial charge >= 0.3 is 0 Å². The van der Waals surface area contributed by atoms with Gasteiger partial charge in [-0.05, 0) is 31.6 Å². The van der Waals surface area contributed by atoms with Crippen molar-refractivity contribution in [2.45, 2.75) is 88.9 Å². The molecule has 0 aromatic rings. The molecule has 1 rings (SSSR count). The minimum absolute atomic E-state index is 0.194. The fraction of sp³-hybridized carbons (Fsp3) is 1.00. The normalized spacial score (nSPS) is 25.6. The molecule has 120 valence electrons. The molecule has 0 spiro atoms. The molecule has 0 heterocycles. The lowest BCUT2D eigenvalue weighted by atomic mass is 9.83. The monoisotopic (exact) mass is 304 g/mol. The summed E-state index contributed by atoms with van der Waals surface area (Å²) in [6.07, 6.45) is 12.6. The molecular formula is C16H32O3S. The molecular weight excluding hydrogens is 272 g/mol. The number of hydrogen-bond acceptors (Lipinski definition) is 3. The van der Waals surface area contributed by atoms with E-state index in [9.17, 15) is 13.5 Å². The van der Waals surface area contributed by atoms with Crippen LogP contribution in [0.15, 0.2) is 0 Å². The molecule has 3 nitrogen and oxygen atoms in total. The predicted molar refractivity (Wildman–Crippen MR) is 84.6 cm³/mol. The first kappa shape index (κ1) is 18.0. The Kier molecular flexibility index (Phi) is 8.11. The van der Waals surface area contributed by atoms with E-state index >= 15 is 0 Å². The largest absolute Gasteiger partial charge is 0.393 e. The molecule has 0 radical (unpaired) electrons. The SMILES string of the molecule is CCCCCCCCC(O)C1CCCC(S(C)(=O)=O)C1. The smallest absolute Gasteiger partial charge is 0.150 e. The molecule has 3 unspecified atom stereocenters. The lowest BCUT2D eigenvalue weighted by Gasteiger charge is -2.31. The molecule has 0 saturated heterocycles. The first-order valence-electron chi connectivity index (χ1n) is 8.32. The van der Waals surface area contributed by atoms with E-state index in [0.717, 1.165) is 32.1 Å². The zero-order chi connectivity index (χ0) is 15.0. The summed E-state index contributed by atoms with van der Waals surface area (Å²) in [6.45, 7) is 2.21. The Labute approximate surface area is 125 Å². The summed E-state index contributed by atoms with van der Waals surface area (Å²) < 4.78 is 23.3. The molecule has 1 saturated carbocycles. The zero-order valence-corrected chi connectivity index (χ0v) is 14.0. The Morgan fingerprint density at radius 2 is 1.75 bits per heavy atom. The van der Waals surface area contributed by atoms with Crippen LogP contribution in [0.4, 0.5) is 0 Å².